The van der Waals surface area contributed by atoms with E-state index in [-0.39, 0.29) is 11.9 Å². The number of nitrogens with two attached hydrogens (primary N) is 1. The van der Waals surface area contributed by atoms with Crippen LogP contribution in [-0.4, -0.2) is 47.4 Å². The fraction of sp³-hybridized carbons (Fsp3) is 0.611. The molecule has 0 spiro atoms. The van der Waals surface area contributed by atoms with Crippen LogP contribution in [0.25, 0.3) is 0 Å². The van der Waals surface area contributed by atoms with Gasteiger partial charge >= 0.3 is 0 Å². The molecular formula is C18H29N3O. The van der Waals surface area contributed by atoms with Gasteiger partial charge in [-0.25, -0.2) is 0 Å². The van der Waals surface area contributed by atoms with E-state index < -0.39 is 0 Å². The maximum atomic E-state index is 12.2. The van der Waals surface area contributed by atoms with E-state index in [1.165, 1.54) is 5.56 Å². The zero-order chi connectivity index (χ0) is 16.1. The fourth-order valence-corrected chi connectivity index (χ4v) is 3.22. The highest BCUT2D eigenvalue weighted by molar-refractivity contribution is 5.81. The molecule has 4 heteroatoms. The lowest BCUT2D eigenvalue weighted by atomic mass is 9.96. The van der Waals surface area contributed by atoms with Crippen molar-refractivity contribution in [3.05, 3.63) is 35.9 Å². The van der Waals surface area contributed by atoms with Crippen molar-refractivity contribution in [1.82, 2.24) is 9.80 Å². The molecular weight excluding hydrogens is 274 g/mol. The van der Waals surface area contributed by atoms with E-state index in [9.17, 15) is 4.79 Å². The number of piperidine rings is 1. The van der Waals surface area contributed by atoms with Crippen molar-refractivity contribution < 1.29 is 4.79 Å². The molecule has 1 heterocycles. The minimum atomic E-state index is -0.359. The van der Waals surface area contributed by atoms with Crippen molar-refractivity contribution in [1.29, 1.82) is 0 Å². The summed E-state index contributed by atoms with van der Waals surface area (Å²) in [6.07, 6.45) is 2.74. The van der Waals surface area contributed by atoms with E-state index >= 15 is 0 Å². The average molecular weight is 303 g/mol. The summed E-state index contributed by atoms with van der Waals surface area (Å²) in [6.45, 7) is 6.23. The van der Waals surface area contributed by atoms with Gasteiger partial charge in [0.25, 0.3) is 0 Å². The number of likely N-dealkylation sites (N-methyl/N-ethyl adjacent to an activating group) is 1. The molecule has 1 saturated heterocycles. The molecule has 0 radical (unpaired) electrons. The minimum absolute atomic E-state index is 0.0798. The largest absolute Gasteiger partial charge is 0.341 e. The number of carbonyl (C=O) groups is 1. The van der Waals surface area contributed by atoms with Crippen LogP contribution in [0, 0.1) is 0 Å². The highest BCUT2D eigenvalue weighted by Gasteiger charge is 2.31. The smallest absolute Gasteiger partial charge is 0.239 e. The van der Waals surface area contributed by atoms with Gasteiger partial charge in [0.1, 0.15) is 0 Å². The van der Waals surface area contributed by atoms with Crippen LogP contribution in [0.2, 0.25) is 0 Å². The van der Waals surface area contributed by atoms with Crippen LogP contribution in [0.1, 0.15) is 38.7 Å². The first-order valence-corrected chi connectivity index (χ1v) is 8.33. The molecule has 22 heavy (non-hydrogen) atoms. The third-order valence-electron chi connectivity index (χ3n) is 4.87. The summed E-state index contributed by atoms with van der Waals surface area (Å²) in [7, 11) is 1.90. The van der Waals surface area contributed by atoms with Crippen LogP contribution in [-0.2, 0) is 11.3 Å². The molecule has 2 N–H and O–H groups in total. The molecule has 2 rings (SSSR count). The van der Waals surface area contributed by atoms with E-state index in [2.05, 4.69) is 42.2 Å². The van der Waals surface area contributed by atoms with Gasteiger partial charge in [0.15, 0.2) is 0 Å². The highest BCUT2D eigenvalue weighted by Crippen LogP contribution is 2.23. The Morgan fingerprint density at radius 3 is 2.68 bits per heavy atom. The molecule has 3 atom stereocenters. The minimum Gasteiger partial charge on any atom is -0.341 e. The van der Waals surface area contributed by atoms with Crippen LogP contribution >= 0.6 is 0 Å². The van der Waals surface area contributed by atoms with Crippen molar-refractivity contribution >= 4 is 5.91 Å². The molecule has 1 aliphatic heterocycles. The molecule has 1 fully saturated rings. The normalized spacial score (nSPS) is 24.0. The highest BCUT2D eigenvalue weighted by atomic mass is 16.2. The number of nitrogens with zero attached hydrogens (tertiary/aromatic N) is 2. The number of amides is 1. The van der Waals surface area contributed by atoms with Gasteiger partial charge in [-0.3, -0.25) is 9.69 Å². The topological polar surface area (TPSA) is 49.6 Å². The Morgan fingerprint density at radius 1 is 1.41 bits per heavy atom. The van der Waals surface area contributed by atoms with Gasteiger partial charge in [0.2, 0.25) is 5.91 Å². The second-order valence-electron chi connectivity index (χ2n) is 6.45. The van der Waals surface area contributed by atoms with Gasteiger partial charge in [0, 0.05) is 32.2 Å². The number of likely N-dealkylation sites (tertiary alicyclic amines) is 1. The van der Waals surface area contributed by atoms with Crippen molar-refractivity contribution in [2.45, 2.75) is 57.8 Å². The molecule has 1 aliphatic rings. The summed E-state index contributed by atoms with van der Waals surface area (Å²) in [5.41, 5.74) is 7.24. The SMILES string of the molecule is CC[C@H](N)C(=O)N(C)C1CCN(Cc2ccccc2)C(C)C1. The molecule has 1 aromatic carbocycles. The van der Waals surface area contributed by atoms with Gasteiger partial charge in [0.05, 0.1) is 6.04 Å². The van der Waals surface area contributed by atoms with Gasteiger partial charge in [-0.1, -0.05) is 37.3 Å². The van der Waals surface area contributed by atoms with Gasteiger partial charge in [-0.05, 0) is 31.7 Å². The Labute approximate surface area is 134 Å². The number of benzene rings is 1. The first-order valence-electron chi connectivity index (χ1n) is 8.33. The maximum Gasteiger partial charge on any atom is 0.239 e. The fourth-order valence-electron chi connectivity index (χ4n) is 3.22. The number of carbonyl (C=O) groups excluding carboxylic acids is 1. The number of hydrogen-bond donors (Lipinski definition) is 1. The molecule has 122 valence electrons. The average Bonchev–Trinajstić information content (AvgIpc) is 2.55. The zero-order valence-electron chi connectivity index (χ0n) is 14.0. The zero-order valence-corrected chi connectivity index (χ0v) is 14.0. The summed E-state index contributed by atoms with van der Waals surface area (Å²) in [5.74, 6) is 0.0798. The van der Waals surface area contributed by atoms with Crippen molar-refractivity contribution in [2.24, 2.45) is 5.73 Å². The van der Waals surface area contributed by atoms with Gasteiger partial charge in [-0.15, -0.1) is 0 Å². The van der Waals surface area contributed by atoms with E-state index in [1.54, 1.807) is 0 Å². The summed E-state index contributed by atoms with van der Waals surface area (Å²) in [6, 6.07) is 11.0. The van der Waals surface area contributed by atoms with E-state index in [1.807, 2.05) is 18.9 Å². The first kappa shape index (κ1) is 17.0. The Morgan fingerprint density at radius 2 is 2.09 bits per heavy atom. The lowest BCUT2D eigenvalue weighted by Gasteiger charge is -2.41. The van der Waals surface area contributed by atoms with Gasteiger partial charge < -0.3 is 10.6 Å². The monoisotopic (exact) mass is 303 g/mol. The third-order valence-corrected chi connectivity index (χ3v) is 4.87. The number of hydrogen-bond acceptors (Lipinski definition) is 3. The molecule has 1 aromatic rings. The van der Waals surface area contributed by atoms with Crippen molar-refractivity contribution in [3.8, 4) is 0 Å². The Hall–Kier alpha value is -1.39. The Kier molecular flexibility index (Phi) is 5.98. The molecule has 2 unspecified atom stereocenters. The summed E-state index contributed by atoms with van der Waals surface area (Å²) >= 11 is 0. The van der Waals surface area contributed by atoms with Gasteiger partial charge in [-0.2, -0.15) is 0 Å². The lowest BCUT2D eigenvalue weighted by molar-refractivity contribution is -0.134. The van der Waals surface area contributed by atoms with Crippen molar-refractivity contribution in [2.75, 3.05) is 13.6 Å². The van der Waals surface area contributed by atoms with Crippen LogP contribution in [0.4, 0.5) is 0 Å². The maximum absolute atomic E-state index is 12.2. The molecule has 0 aliphatic carbocycles. The van der Waals surface area contributed by atoms with Crippen LogP contribution < -0.4 is 5.73 Å². The summed E-state index contributed by atoms with van der Waals surface area (Å²) in [4.78, 5) is 16.6. The predicted molar refractivity (Wildman–Crippen MR) is 90.4 cm³/mol. The molecule has 0 bridgehead atoms. The molecule has 1 amide bonds. The summed E-state index contributed by atoms with van der Waals surface area (Å²) in [5, 5.41) is 0. The summed E-state index contributed by atoms with van der Waals surface area (Å²) < 4.78 is 0. The van der Waals surface area contributed by atoms with E-state index in [0.717, 1.165) is 25.9 Å². The third kappa shape index (κ3) is 4.08. The van der Waals surface area contributed by atoms with E-state index in [4.69, 9.17) is 5.73 Å². The second kappa shape index (κ2) is 7.75. The van der Waals surface area contributed by atoms with Crippen molar-refractivity contribution in [3.63, 3.8) is 0 Å². The Bertz CT molecular complexity index is 476. The number of rotatable bonds is 5. The molecule has 0 saturated carbocycles. The quantitative estimate of drug-likeness (QED) is 0.907. The predicted octanol–water partition coefficient (Wildman–Crippen LogP) is 2.24. The standard InChI is InChI=1S/C18H29N3O/c1-4-17(19)18(22)20(3)16-10-11-21(14(2)12-16)13-15-8-6-5-7-9-15/h5-9,14,16-17H,4,10-13,19H2,1-3H3/t14?,16?,17-/m0/s1. The molecule has 0 aromatic heterocycles. The first-order chi connectivity index (χ1) is 10.5. The lowest BCUT2D eigenvalue weighted by Crippen LogP contribution is -2.52. The van der Waals surface area contributed by atoms with Crippen LogP contribution in [0.15, 0.2) is 30.3 Å². The second-order valence-corrected chi connectivity index (χ2v) is 6.45. The molecule has 4 nitrogen and oxygen atoms in total. The van der Waals surface area contributed by atoms with Crippen LogP contribution in [0.3, 0.4) is 0 Å². The van der Waals surface area contributed by atoms with E-state index in [0.29, 0.717) is 18.5 Å². The Balaban J connectivity index is 1.91. The van der Waals surface area contributed by atoms with Crippen LogP contribution in [0.5, 0.6) is 0 Å².